The van der Waals surface area contributed by atoms with E-state index in [1.165, 1.54) is 6.42 Å². The molecule has 0 radical (unpaired) electrons. The first-order chi connectivity index (χ1) is 11.3. The SMILES string of the molecule is CSc1ccccc1C(=O)N1CCCC[C@@H]1CN1CCOCC1. The predicted molar refractivity (Wildman–Crippen MR) is 94.2 cm³/mol. The van der Waals surface area contributed by atoms with Crippen LogP contribution in [-0.4, -0.2) is 67.4 Å². The fraction of sp³-hybridized carbons (Fsp3) is 0.611. The highest BCUT2D eigenvalue weighted by Gasteiger charge is 2.30. The normalized spacial score (nSPS) is 23.0. The van der Waals surface area contributed by atoms with Crippen LogP contribution in [-0.2, 0) is 4.74 Å². The summed E-state index contributed by atoms with van der Waals surface area (Å²) in [4.78, 5) is 18.7. The molecule has 0 N–H and O–H groups in total. The second kappa shape index (κ2) is 8.18. The lowest BCUT2D eigenvalue weighted by Gasteiger charge is -2.40. The van der Waals surface area contributed by atoms with Gasteiger partial charge in [0.25, 0.3) is 5.91 Å². The number of amides is 1. The highest BCUT2D eigenvalue weighted by atomic mass is 32.2. The molecule has 0 unspecified atom stereocenters. The Balaban J connectivity index is 1.73. The van der Waals surface area contributed by atoms with Gasteiger partial charge in [0, 0.05) is 37.1 Å². The molecule has 0 saturated carbocycles. The molecule has 0 bridgehead atoms. The Kier molecular flexibility index (Phi) is 5.97. The molecule has 2 aliphatic heterocycles. The van der Waals surface area contributed by atoms with E-state index < -0.39 is 0 Å². The lowest BCUT2D eigenvalue weighted by Crippen LogP contribution is -2.51. The fourth-order valence-corrected chi connectivity index (χ4v) is 4.11. The summed E-state index contributed by atoms with van der Waals surface area (Å²) in [5, 5.41) is 0. The zero-order valence-corrected chi connectivity index (χ0v) is 14.7. The number of carbonyl (C=O) groups excluding carboxylic acids is 1. The van der Waals surface area contributed by atoms with E-state index >= 15 is 0 Å². The summed E-state index contributed by atoms with van der Waals surface area (Å²) >= 11 is 1.65. The van der Waals surface area contributed by atoms with Crippen molar-refractivity contribution in [3.8, 4) is 0 Å². The van der Waals surface area contributed by atoms with Crippen LogP contribution < -0.4 is 0 Å². The van der Waals surface area contributed by atoms with Gasteiger partial charge in [-0.15, -0.1) is 11.8 Å². The second-order valence-electron chi connectivity index (χ2n) is 6.26. The number of likely N-dealkylation sites (tertiary alicyclic amines) is 1. The van der Waals surface area contributed by atoms with Gasteiger partial charge in [-0.25, -0.2) is 0 Å². The molecule has 1 aromatic rings. The monoisotopic (exact) mass is 334 g/mol. The second-order valence-corrected chi connectivity index (χ2v) is 7.11. The molecule has 0 aromatic heterocycles. The Morgan fingerprint density at radius 1 is 1.22 bits per heavy atom. The molecule has 23 heavy (non-hydrogen) atoms. The van der Waals surface area contributed by atoms with Gasteiger partial charge in [-0.05, 0) is 37.7 Å². The first kappa shape index (κ1) is 16.8. The maximum absolute atomic E-state index is 13.1. The first-order valence-corrected chi connectivity index (χ1v) is 9.76. The molecule has 1 amide bonds. The molecule has 2 fully saturated rings. The summed E-state index contributed by atoms with van der Waals surface area (Å²) in [5.74, 6) is 0.202. The van der Waals surface area contributed by atoms with Crippen LogP contribution in [0.3, 0.4) is 0 Å². The molecule has 2 saturated heterocycles. The minimum absolute atomic E-state index is 0.202. The van der Waals surface area contributed by atoms with Crippen LogP contribution >= 0.6 is 11.8 Å². The van der Waals surface area contributed by atoms with Crippen LogP contribution in [0.1, 0.15) is 29.6 Å². The van der Waals surface area contributed by atoms with E-state index in [2.05, 4.69) is 9.80 Å². The van der Waals surface area contributed by atoms with Crippen LogP contribution in [0.5, 0.6) is 0 Å². The summed E-state index contributed by atoms with van der Waals surface area (Å²) in [6.45, 7) is 5.47. The van der Waals surface area contributed by atoms with Gasteiger partial charge >= 0.3 is 0 Å². The highest BCUT2D eigenvalue weighted by Crippen LogP contribution is 2.25. The van der Waals surface area contributed by atoms with Gasteiger partial charge in [-0.1, -0.05) is 12.1 Å². The molecule has 2 heterocycles. The molecule has 0 spiro atoms. The predicted octanol–water partition coefficient (Wildman–Crippen LogP) is 2.74. The van der Waals surface area contributed by atoms with E-state index in [0.29, 0.717) is 6.04 Å². The van der Waals surface area contributed by atoms with Crippen LogP contribution in [0.25, 0.3) is 0 Å². The van der Waals surface area contributed by atoms with Crippen molar-refractivity contribution < 1.29 is 9.53 Å². The van der Waals surface area contributed by atoms with Crippen molar-refractivity contribution in [2.24, 2.45) is 0 Å². The van der Waals surface area contributed by atoms with Gasteiger partial charge in [0.15, 0.2) is 0 Å². The molecule has 4 nitrogen and oxygen atoms in total. The Hall–Kier alpha value is -1.04. The molecule has 1 aromatic carbocycles. The average Bonchev–Trinajstić information content (AvgIpc) is 2.62. The smallest absolute Gasteiger partial charge is 0.255 e. The number of morpholine rings is 1. The number of nitrogens with zero attached hydrogens (tertiary/aromatic N) is 2. The molecular formula is C18H26N2O2S. The van der Waals surface area contributed by atoms with Crippen molar-refractivity contribution >= 4 is 17.7 Å². The van der Waals surface area contributed by atoms with Crippen molar-refractivity contribution in [2.45, 2.75) is 30.2 Å². The zero-order chi connectivity index (χ0) is 16.1. The maximum atomic E-state index is 13.1. The Labute approximate surface area is 143 Å². The topological polar surface area (TPSA) is 32.8 Å². The van der Waals surface area contributed by atoms with Crippen LogP contribution in [0, 0.1) is 0 Å². The maximum Gasteiger partial charge on any atom is 0.255 e. The lowest BCUT2D eigenvalue weighted by atomic mass is 10.00. The molecule has 1 atom stereocenters. The van der Waals surface area contributed by atoms with Crippen molar-refractivity contribution in [1.29, 1.82) is 0 Å². The number of ether oxygens (including phenoxy) is 1. The molecule has 2 aliphatic rings. The summed E-state index contributed by atoms with van der Waals surface area (Å²) in [5.41, 5.74) is 0.855. The number of piperidine rings is 1. The number of thioether (sulfide) groups is 1. The van der Waals surface area contributed by atoms with Crippen LogP contribution in [0.4, 0.5) is 0 Å². The molecule has 126 valence electrons. The Morgan fingerprint density at radius 2 is 2.00 bits per heavy atom. The molecular weight excluding hydrogens is 308 g/mol. The van der Waals surface area contributed by atoms with Gasteiger partial charge in [-0.2, -0.15) is 0 Å². The third kappa shape index (κ3) is 4.08. The first-order valence-electron chi connectivity index (χ1n) is 8.53. The van der Waals surface area contributed by atoms with E-state index in [1.54, 1.807) is 11.8 Å². The van der Waals surface area contributed by atoms with Gasteiger partial charge in [0.2, 0.25) is 0 Å². The quantitative estimate of drug-likeness (QED) is 0.793. The standard InChI is InChI=1S/C18H26N2O2S/c1-23-17-8-3-2-7-16(17)18(21)20-9-5-4-6-15(20)14-19-10-12-22-13-11-19/h2-3,7-8,15H,4-6,9-14H2,1H3/t15-/m1/s1. The molecule has 0 aliphatic carbocycles. The van der Waals surface area contributed by atoms with Crippen molar-refractivity contribution in [2.75, 3.05) is 45.6 Å². The van der Waals surface area contributed by atoms with E-state index in [1.807, 2.05) is 30.5 Å². The van der Waals surface area contributed by atoms with Gasteiger partial charge in [0.1, 0.15) is 0 Å². The molecule has 5 heteroatoms. The van der Waals surface area contributed by atoms with Crippen molar-refractivity contribution in [1.82, 2.24) is 9.80 Å². The number of carbonyl (C=O) groups is 1. The highest BCUT2D eigenvalue weighted by molar-refractivity contribution is 7.98. The van der Waals surface area contributed by atoms with E-state index in [4.69, 9.17) is 4.74 Å². The zero-order valence-electron chi connectivity index (χ0n) is 13.9. The largest absolute Gasteiger partial charge is 0.379 e. The van der Waals surface area contributed by atoms with Gasteiger partial charge < -0.3 is 9.64 Å². The third-order valence-electron chi connectivity index (χ3n) is 4.80. The van der Waals surface area contributed by atoms with E-state index in [0.717, 1.165) is 62.7 Å². The van der Waals surface area contributed by atoms with Crippen molar-refractivity contribution in [3.63, 3.8) is 0 Å². The minimum Gasteiger partial charge on any atom is -0.379 e. The average molecular weight is 334 g/mol. The number of hydrogen-bond acceptors (Lipinski definition) is 4. The van der Waals surface area contributed by atoms with Crippen LogP contribution in [0.2, 0.25) is 0 Å². The van der Waals surface area contributed by atoms with Crippen LogP contribution in [0.15, 0.2) is 29.2 Å². The summed E-state index contributed by atoms with van der Waals surface area (Å²) in [6, 6.07) is 8.31. The number of rotatable bonds is 4. The van der Waals surface area contributed by atoms with E-state index in [9.17, 15) is 4.79 Å². The van der Waals surface area contributed by atoms with Gasteiger partial charge in [-0.3, -0.25) is 9.69 Å². The fourth-order valence-electron chi connectivity index (χ4n) is 3.52. The molecule has 3 rings (SSSR count). The van der Waals surface area contributed by atoms with Crippen molar-refractivity contribution in [3.05, 3.63) is 29.8 Å². The van der Waals surface area contributed by atoms with Gasteiger partial charge in [0.05, 0.1) is 18.8 Å². The minimum atomic E-state index is 0.202. The summed E-state index contributed by atoms with van der Waals surface area (Å²) < 4.78 is 5.44. The summed E-state index contributed by atoms with van der Waals surface area (Å²) in [7, 11) is 0. The summed E-state index contributed by atoms with van der Waals surface area (Å²) in [6.07, 6.45) is 5.49. The Morgan fingerprint density at radius 3 is 2.78 bits per heavy atom. The lowest BCUT2D eigenvalue weighted by molar-refractivity contribution is 0.0165. The van der Waals surface area contributed by atoms with E-state index in [-0.39, 0.29) is 5.91 Å². The Bertz CT molecular complexity index is 532. The third-order valence-corrected chi connectivity index (χ3v) is 5.59. The number of benzene rings is 1. The number of hydrogen-bond donors (Lipinski definition) is 0.